The zero-order chi connectivity index (χ0) is 20.2. The third-order valence-electron chi connectivity index (χ3n) is 4.15. The normalized spacial score (nSPS) is 12.6. The van der Waals surface area contributed by atoms with Crippen molar-refractivity contribution in [1.82, 2.24) is 14.8 Å². The molecule has 3 aromatic rings. The molecule has 0 radical (unpaired) electrons. The van der Waals surface area contributed by atoms with Gasteiger partial charge in [0.2, 0.25) is 5.91 Å². The van der Waals surface area contributed by atoms with Gasteiger partial charge in [-0.05, 0) is 21.5 Å². The van der Waals surface area contributed by atoms with Crippen molar-refractivity contribution in [3.05, 3.63) is 63.0 Å². The number of benzene rings is 2. The minimum Gasteiger partial charge on any atom is -0.486 e. The Bertz CT molecular complexity index is 1080. The van der Waals surface area contributed by atoms with Crippen LogP contribution in [0.4, 0.5) is 5.69 Å². The summed E-state index contributed by atoms with van der Waals surface area (Å²) < 4.78 is 13.3. The Morgan fingerprint density at radius 2 is 1.93 bits per heavy atom. The van der Waals surface area contributed by atoms with Crippen molar-refractivity contribution in [3.63, 3.8) is 0 Å². The van der Waals surface area contributed by atoms with Crippen LogP contribution in [0.1, 0.15) is 5.56 Å². The Labute approximate surface area is 178 Å². The van der Waals surface area contributed by atoms with Crippen molar-refractivity contribution in [2.45, 2.75) is 11.7 Å². The van der Waals surface area contributed by atoms with Crippen LogP contribution in [0.2, 0.25) is 0 Å². The molecule has 4 rings (SSSR count). The number of halogens is 1. The van der Waals surface area contributed by atoms with Gasteiger partial charge in [0.15, 0.2) is 16.7 Å². The first-order chi connectivity index (χ1) is 14.1. The van der Waals surface area contributed by atoms with Crippen molar-refractivity contribution in [2.24, 2.45) is 0 Å². The maximum absolute atomic E-state index is 12.4. The van der Waals surface area contributed by atoms with Crippen LogP contribution in [0, 0.1) is 0 Å². The molecule has 1 aromatic heterocycles. The van der Waals surface area contributed by atoms with Gasteiger partial charge in [0.1, 0.15) is 13.2 Å². The number of rotatable bonds is 6. The number of nitrogens with one attached hydrogen (secondary N) is 2. The molecule has 150 valence electrons. The standard InChI is InChI=1S/C19H17BrN4O4S/c20-13-8-15-16(28-7-6-27-15)9-14(13)21-17(25)11-29-19-23-22-18(26)24(19)10-12-4-2-1-3-5-12/h1-5,8-9H,6-7,10-11H2,(H,21,25)(H,22,26). The first-order valence-electron chi connectivity index (χ1n) is 8.81. The fraction of sp³-hybridized carbons (Fsp3) is 0.211. The van der Waals surface area contributed by atoms with E-state index >= 15 is 0 Å². The zero-order valence-corrected chi connectivity index (χ0v) is 17.6. The summed E-state index contributed by atoms with van der Waals surface area (Å²) in [5, 5.41) is 9.76. The second-order valence-corrected chi connectivity index (χ2v) is 7.99. The maximum atomic E-state index is 12.4. The lowest BCUT2D eigenvalue weighted by atomic mass is 10.2. The summed E-state index contributed by atoms with van der Waals surface area (Å²) in [5.74, 6) is 1.09. The van der Waals surface area contributed by atoms with E-state index in [1.165, 1.54) is 16.3 Å². The van der Waals surface area contributed by atoms with Gasteiger partial charge >= 0.3 is 5.69 Å². The number of carbonyl (C=O) groups excluding carboxylic acids is 1. The fourth-order valence-electron chi connectivity index (χ4n) is 2.80. The number of H-pyrrole nitrogens is 1. The zero-order valence-electron chi connectivity index (χ0n) is 15.2. The predicted octanol–water partition coefficient (Wildman–Crippen LogP) is 2.88. The smallest absolute Gasteiger partial charge is 0.344 e. The van der Waals surface area contributed by atoms with Gasteiger partial charge in [-0.15, -0.1) is 5.10 Å². The molecule has 1 amide bonds. The van der Waals surface area contributed by atoms with Crippen LogP contribution in [0.25, 0.3) is 0 Å². The van der Waals surface area contributed by atoms with Gasteiger partial charge in [0.25, 0.3) is 0 Å². The highest BCUT2D eigenvalue weighted by Gasteiger charge is 2.17. The van der Waals surface area contributed by atoms with E-state index in [-0.39, 0.29) is 17.3 Å². The Kier molecular flexibility index (Phi) is 5.91. The van der Waals surface area contributed by atoms with Crippen molar-refractivity contribution >= 4 is 39.3 Å². The Morgan fingerprint density at radius 1 is 1.21 bits per heavy atom. The molecule has 2 N–H and O–H groups in total. The van der Waals surface area contributed by atoms with E-state index in [1.807, 2.05) is 30.3 Å². The fourth-order valence-corrected chi connectivity index (χ4v) is 3.96. The van der Waals surface area contributed by atoms with Gasteiger partial charge in [0, 0.05) is 16.6 Å². The lowest BCUT2D eigenvalue weighted by molar-refractivity contribution is -0.113. The molecule has 8 nitrogen and oxygen atoms in total. The SMILES string of the molecule is O=C(CSc1n[nH]c(=O)n1Cc1ccccc1)Nc1cc2c(cc1Br)OCCO2. The number of carbonyl (C=O) groups is 1. The highest BCUT2D eigenvalue weighted by Crippen LogP contribution is 2.38. The van der Waals surface area contributed by atoms with E-state index in [0.29, 0.717) is 46.6 Å². The summed E-state index contributed by atoms with van der Waals surface area (Å²) in [7, 11) is 0. The molecule has 0 aliphatic carbocycles. The lowest BCUT2D eigenvalue weighted by Gasteiger charge is -2.20. The predicted molar refractivity (Wildman–Crippen MR) is 113 cm³/mol. The molecular formula is C19H17BrN4O4S. The molecule has 0 saturated heterocycles. The number of aromatic amines is 1. The number of amides is 1. The number of hydrogen-bond acceptors (Lipinski definition) is 6. The summed E-state index contributed by atoms with van der Waals surface area (Å²) in [5.41, 5.74) is 1.25. The average molecular weight is 477 g/mol. The minimum atomic E-state index is -0.314. The van der Waals surface area contributed by atoms with Gasteiger partial charge < -0.3 is 14.8 Å². The molecule has 0 saturated carbocycles. The van der Waals surface area contributed by atoms with E-state index in [1.54, 1.807) is 12.1 Å². The van der Waals surface area contributed by atoms with E-state index in [2.05, 4.69) is 31.4 Å². The number of nitrogens with zero attached hydrogens (tertiary/aromatic N) is 2. The van der Waals surface area contributed by atoms with Crippen molar-refractivity contribution in [3.8, 4) is 11.5 Å². The Hall–Kier alpha value is -2.72. The number of hydrogen-bond donors (Lipinski definition) is 2. The molecule has 0 spiro atoms. The van der Waals surface area contributed by atoms with Gasteiger partial charge in [-0.1, -0.05) is 42.1 Å². The molecule has 1 aliphatic heterocycles. The highest BCUT2D eigenvalue weighted by molar-refractivity contribution is 9.10. The maximum Gasteiger partial charge on any atom is 0.344 e. The molecular weight excluding hydrogens is 460 g/mol. The molecule has 0 atom stereocenters. The van der Waals surface area contributed by atoms with Gasteiger partial charge in [-0.3, -0.25) is 9.36 Å². The molecule has 2 aromatic carbocycles. The van der Waals surface area contributed by atoms with E-state index in [0.717, 1.165) is 5.56 Å². The largest absolute Gasteiger partial charge is 0.486 e. The molecule has 10 heteroatoms. The summed E-state index contributed by atoms with van der Waals surface area (Å²) in [6.07, 6.45) is 0. The second kappa shape index (κ2) is 8.75. The molecule has 0 unspecified atom stereocenters. The number of anilines is 1. The van der Waals surface area contributed by atoms with E-state index < -0.39 is 0 Å². The number of fused-ring (bicyclic) bond motifs is 1. The third-order valence-corrected chi connectivity index (χ3v) is 5.78. The quantitative estimate of drug-likeness (QED) is 0.530. The number of aromatic nitrogens is 3. The second-order valence-electron chi connectivity index (χ2n) is 6.20. The van der Waals surface area contributed by atoms with E-state index in [4.69, 9.17) is 9.47 Å². The summed E-state index contributed by atoms with van der Waals surface area (Å²) >= 11 is 4.62. The average Bonchev–Trinajstić information content (AvgIpc) is 3.07. The first-order valence-corrected chi connectivity index (χ1v) is 10.6. The first kappa shape index (κ1) is 19.6. The van der Waals surface area contributed by atoms with Crippen LogP contribution >= 0.6 is 27.7 Å². The Morgan fingerprint density at radius 3 is 2.69 bits per heavy atom. The lowest BCUT2D eigenvalue weighted by Crippen LogP contribution is -2.20. The molecule has 0 fully saturated rings. The van der Waals surface area contributed by atoms with Crippen LogP contribution in [0.15, 0.2) is 56.9 Å². The molecule has 2 heterocycles. The summed E-state index contributed by atoms with van der Waals surface area (Å²) in [4.78, 5) is 24.5. The van der Waals surface area contributed by atoms with Crippen molar-refractivity contribution in [1.29, 1.82) is 0 Å². The Balaban J connectivity index is 1.41. The van der Waals surface area contributed by atoms with Crippen LogP contribution in [-0.4, -0.2) is 39.6 Å². The van der Waals surface area contributed by atoms with Crippen molar-refractivity contribution in [2.75, 3.05) is 24.3 Å². The number of thioether (sulfide) groups is 1. The van der Waals surface area contributed by atoms with E-state index in [9.17, 15) is 9.59 Å². The monoisotopic (exact) mass is 476 g/mol. The van der Waals surface area contributed by atoms with Crippen LogP contribution in [-0.2, 0) is 11.3 Å². The van der Waals surface area contributed by atoms with Crippen LogP contribution in [0.3, 0.4) is 0 Å². The molecule has 0 bridgehead atoms. The molecule has 29 heavy (non-hydrogen) atoms. The minimum absolute atomic E-state index is 0.0972. The third kappa shape index (κ3) is 4.65. The van der Waals surface area contributed by atoms with Gasteiger partial charge in [-0.25, -0.2) is 9.89 Å². The summed E-state index contributed by atoms with van der Waals surface area (Å²) in [6.45, 7) is 1.35. The van der Waals surface area contributed by atoms with Gasteiger partial charge in [0.05, 0.1) is 18.0 Å². The topological polar surface area (TPSA) is 98.2 Å². The number of ether oxygens (including phenoxy) is 2. The molecule has 1 aliphatic rings. The van der Waals surface area contributed by atoms with Gasteiger partial charge in [-0.2, -0.15) is 0 Å². The highest BCUT2D eigenvalue weighted by atomic mass is 79.9. The van der Waals surface area contributed by atoms with Crippen molar-refractivity contribution < 1.29 is 14.3 Å². The summed E-state index contributed by atoms with van der Waals surface area (Å²) in [6, 6.07) is 13.1. The van der Waals surface area contributed by atoms with Crippen LogP contribution < -0.4 is 20.5 Å². The van der Waals surface area contributed by atoms with Crippen LogP contribution in [0.5, 0.6) is 11.5 Å².